The SMILES string of the molecule is CC1(C)c2ccccc2-c2ccc(N(c3ccc(-c4ccc(-c5ccc6ccccc6c5)cc4)cc3)c3cc4ccccc4c4ccccc34)cc21.CC1(C)c2ccccc2-c2ccc(N(c3ccc(-c4ccc(-c5cccc6ccccc56)cc4)cc3)c3cc4ccccc4c4ccccc34)cc21.CC1(C)c2ccccc2-c2ccc(N(c3ccc(-c4ccccc4)c4ccccc34)c3cc4ccccc4c4ccccc34)cc21. The Kier molecular flexibility index (Phi) is 22.0. The Balaban J connectivity index is 0.000000111. The standard InChI is InChI=1S/2C51H37N.C45H33N/c1-51(2)48-21-10-9-18-45(48)46-31-30-40(33-49(46)51)52(50-32-38-13-4-6-16-43(38)44-17-7-8-19-47(44)50)39-28-26-35(27-29-39)34-22-24-37(25-23-34)42-20-11-14-36-12-3-5-15-41(36)42;1-51(2)48-18-10-9-16-45(48)46-30-29-42(33-49(46)51)52(50-32-40-13-5-6-14-43(40)44-15-7-8-17-47(44)50)41-27-25-36(26-28-41)35-19-21-37(22-20-35)39-24-23-34-11-3-4-12-38(34)31-39;1-45(2)41-23-13-12-20-37(41)38-25-24-32(29-42(38)45)46(44-28-31-16-6-7-17-33(31)35-18-9-11-22-40(35)44)43-27-26-34(30-14-4-3-5-15-30)36-19-8-10-21-39(36)43/h2*3-33H,1-2H3;3-29H,1-2H3. The van der Waals surface area contributed by atoms with Crippen LogP contribution in [0.5, 0.6) is 0 Å². The van der Waals surface area contributed by atoms with Crippen LogP contribution < -0.4 is 14.7 Å². The summed E-state index contributed by atoms with van der Waals surface area (Å²) in [6.07, 6.45) is 0. The summed E-state index contributed by atoms with van der Waals surface area (Å²) in [5.41, 5.74) is 38.7. The summed E-state index contributed by atoms with van der Waals surface area (Å²) in [6.45, 7) is 14.2. The summed E-state index contributed by atoms with van der Waals surface area (Å²) >= 11 is 0. The van der Waals surface area contributed by atoms with Gasteiger partial charge in [0, 0.05) is 66.2 Å². The molecule has 3 aliphatic rings. The van der Waals surface area contributed by atoms with Crippen molar-refractivity contribution in [1.29, 1.82) is 0 Å². The molecule has 0 spiro atoms. The molecule has 710 valence electrons. The van der Waals surface area contributed by atoms with Gasteiger partial charge in [-0.25, -0.2) is 0 Å². The number of anilines is 9. The zero-order valence-electron chi connectivity index (χ0n) is 84.7. The minimum atomic E-state index is -0.0989. The van der Waals surface area contributed by atoms with Gasteiger partial charge in [-0.15, -0.1) is 0 Å². The lowest BCUT2D eigenvalue weighted by Gasteiger charge is -2.31. The first-order valence-corrected chi connectivity index (χ1v) is 52.5. The number of hydrogen-bond acceptors (Lipinski definition) is 3. The summed E-state index contributed by atoms with van der Waals surface area (Å²) in [4.78, 5) is 7.42. The van der Waals surface area contributed by atoms with Crippen molar-refractivity contribution in [3.8, 4) is 89.0 Å². The van der Waals surface area contributed by atoms with E-state index < -0.39 is 0 Å². The molecule has 0 saturated heterocycles. The molecule has 0 bridgehead atoms. The lowest BCUT2D eigenvalue weighted by atomic mass is 9.82. The van der Waals surface area contributed by atoms with Crippen LogP contribution in [0.25, 0.3) is 186 Å². The summed E-state index contributed by atoms with van der Waals surface area (Å²) < 4.78 is 0. The van der Waals surface area contributed by atoms with Gasteiger partial charge in [-0.3, -0.25) is 0 Å². The Morgan fingerprint density at radius 2 is 0.380 bits per heavy atom. The zero-order chi connectivity index (χ0) is 100. The van der Waals surface area contributed by atoms with Gasteiger partial charge in [0.2, 0.25) is 0 Å². The highest BCUT2D eigenvalue weighted by Crippen LogP contribution is 2.58. The quantitative estimate of drug-likeness (QED) is 0.100. The lowest BCUT2D eigenvalue weighted by Crippen LogP contribution is -2.17. The van der Waals surface area contributed by atoms with Crippen molar-refractivity contribution >= 4 is 148 Å². The van der Waals surface area contributed by atoms with Crippen LogP contribution in [0.15, 0.2) is 540 Å². The van der Waals surface area contributed by atoms with Crippen molar-refractivity contribution in [2.75, 3.05) is 14.7 Å². The van der Waals surface area contributed by atoms with Gasteiger partial charge in [-0.1, -0.05) is 490 Å². The van der Waals surface area contributed by atoms with Gasteiger partial charge in [0.15, 0.2) is 0 Å². The molecule has 3 aliphatic carbocycles. The molecular weight excluding hydrogens is 1810 g/mol. The van der Waals surface area contributed by atoms with Gasteiger partial charge in [-0.2, -0.15) is 0 Å². The summed E-state index contributed by atoms with van der Waals surface area (Å²) in [5.74, 6) is 0. The average molecular weight is 1920 g/mol. The molecule has 0 heterocycles. The minimum absolute atomic E-state index is 0.0953. The molecule has 29 rings (SSSR count). The molecule has 0 saturated carbocycles. The first-order valence-electron chi connectivity index (χ1n) is 52.5. The highest BCUT2D eigenvalue weighted by Gasteiger charge is 2.40. The normalized spacial score (nSPS) is 13.0. The highest BCUT2D eigenvalue weighted by molar-refractivity contribution is 6.19. The second-order valence-corrected chi connectivity index (χ2v) is 42.1. The predicted molar refractivity (Wildman–Crippen MR) is 641 cm³/mol. The second-order valence-electron chi connectivity index (χ2n) is 42.1. The molecule has 3 nitrogen and oxygen atoms in total. The highest BCUT2D eigenvalue weighted by atomic mass is 15.2. The van der Waals surface area contributed by atoms with Gasteiger partial charge >= 0.3 is 0 Å². The van der Waals surface area contributed by atoms with Crippen LogP contribution in [-0.2, 0) is 16.2 Å². The van der Waals surface area contributed by atoms with Crippen LogP contribution in [-0.4, -0.2) is 0 Å². The molecule has 26 aromatic carbocycles. The molecule has 0 amide bonds. The van der Waals surface area contributed by atoms with Crippen molar-refractivity contribution in [2.45, 2.75) is 57.8 Å². The van der Waals surface area contributed by atoms with Crippen LogP contribution in [0.2, 0.25) is 0 Å². The largest absolute Gasteiger partial charge is 0.310 e. The number of benzene rings is 26. The zero-order valence-corrected chi connectivity index (χ0v) is 84.7. The molecule has 0 aromatic heterocycles. The van der Waals surface area contributed by atoms with Crippen LogP contribution in [0.3, 0.4) is 0 Å². The van der Waals surface area contributed by atoms with Gasteiger partial charge in [0.05, 0.1) is 22.7 Å². The summed E-state index contributed by atoms with van der Waals surface area (Å²) in [7, 11) is 0. The molecule has 3 heteroatoms. The number of fused-ring (bicyclic) bond motifs is 21. The van der Waals surface area contributed by atoms with Crippen molar-refractivity contribution in [1.82, 2.24) is 0 Å². The van der Waals surface area contributed by atoms with Crippen molar-refractivity contribution < 1.29 is 0 Å². The van der Waals surface area contributed by atoms with Gasteiger partial charge in [0.25, 0.3) is 0 Å². The van der Waals surface area contributed by atoms with Gasteiger partial charge in [-0.05, 0) is 289 Å². The molecule has 0 radical (unpaired) electrons. The second kappa shape index (κ2) is 36.6. The maximum atomic E-state index is 2.51. The maximum Gasteiger partial charge on any atom is 0.0546 e. The number of nitrogens with zero attached hydrogens (tertiary/aromatic N) is 3. The van der Waals surface area contributed by atoms with Crippen LogP contribution in [0, 0.1) is 0 Å². The fourth-order valence-corrected chi connectivity index (χ4v) is 24.9. The number of rotatable bonds is 14. The van der Waals surface area contributed by atoms with E-state index in [4.69, 9.17) is 0 Å². The summed E-state index contributed by atoms with van der Waals surface area (Å²) in [5, 5.41) is 22.6. The minimum Gasteiger partial charge on any atom is -0.310 e. The molecule has 150 heavy (non-hydrogen) atoms. The van der Waals surface area contributed by atoms with E-state index in [0.717, 1.165) is 28.4 Å². The van der Waals surface area contributed by atoms with E-state index in [2.05, 4.69) is 596 Å². The Morgan fingerprint density at radius 3 is 0.807 bits per heavy atom. The van der Waals surface area contributed by atoms with E-state index >= 15 is 0 Å². The van der Waals surface area contributed by atoms with E-state index in [9.17, 15) is 0 Å². The molecule has 0 atom stereocenters. The molecule has 0 fully saturated rings. The van der Waals surface area contributed by atoms with E-state index in [-0.39, 0.29) is 16.2 Å². The number of hydrogen-bond donors (Lipinski definition) is 0. The van der Waals surface area contributed by atoms with E-state index in [1.54, 1.807) is 0 Å². The maximum absolute atomic E-state index is 2.51. The van der Waals surface area contributed by atoms with Crippen LogP contribution in [0.1, 0.15) is 74.9 Å². The van der Waals surface area contributed by atoms with E-state index in [1.165, 1.54) is 242 Å². The monoisotopic (exact) mass is 1910 g/mol. The third-order valence-electron chi connectivity index (χ3n) is 32.5. The van der Waals surface area contributed by atoms with E-state index in [1.807, 2.05) is 0 Å². The topological polar surface area (TPSA) is 9.72 Å². The van der Waals surface area contributed by atoms with Crippen molar-refractivity contribution in [3.63, 3.8) is 0 Å². The van der Waals surface area contributed by atoms with Gasteiger partial charge in [0.1, 0.15) is 0 Å². The van der Waals surface area contributed by atoms with Gasteiger partial charge < -0.3 is 14.7 Å². The summed E-state index contributed by atoms with van der Waals surface area (Å²) in [6, 6.07) is 199. The molecule has 0 N–H and O–H groups in total. The Labute approximate surface area is 876 Å². The predicted octanol–water partition coefficient (Wildman–Crippen LogP) is 41.1. The lowest BCUT2D eigenvalue weighted by molar-refractivity contribution is 0.660. The average Bonchev–Trinajstić information content (AvgIpc) is 0.939. The van der Waals surface area contributed by atoms with E-state index in [0.29, 0.717) is 0 Å². The smallest absolute Gasteiger partial charge is 0.0546 e. The first-order chi connectivity index (χ1) is 73.7. The molecule has 26 aromatic rings. The molecule has 0 aliphatic heterocycles. The molecular formula is C147H107N3. The van der Waals surface area contributed by atoms with Crippen molar-refractivity contribution in [2.24, 2.45) is 0 Å². The fourth-order valence-electron chi connectivity index (χ4n) is 24.9. The van der Waals surface area contributed by atoms with Crippen molar-refractivity contribution in [3.05, 3.63) is 573 Å². The Bertz CT molecular complexity index is 9840. The fraction of sp³-hybridized carbons (Fsp3) is 0.0612. The third-order valence-corrected chi connectivity index (χ3v) is 32.5. The van der Waals surface area contributed by atoms with Crippen LogP contribution >= 0.6 is 0 Å². The Morgan fingerprint density at radius 1 is 0.120 bits per heavy atom. The third kappa shape index (κ3) is 15.4. The Hall–Kier alpha value is -18.5. The first kappa shape index (κ1) is 90.2. The molecule has 0 unspecified atom stereocenters. The van der Waals surface area contributed by atoms with Crippen LogP contribution in [0.4, 0.5) is 51.2 Å².